The van der Waals surface area contributed by atoms with Crippen molar-refractivity contribution in [1.82, 2.24) is 0 Å². The van der Waals surface area contributed by atoms with Crippen LogP contribution in [0, 0.1) is 0 Å². The Labute approximate surface area is 108 Å². The first-order valence-corrected chi connectivity index (χ1v) is 6.14. The Hall–Kier alpha value is -1.42. The maximum atomic E-state index is 5.44. The second-order valence-electron chi connectivity index (χ2n) is 4.41. The number of ether oxygens (including phenoxy) is 4. The molecule has 1 heterocycles. The minimum Gasteiger partial charge on any atom is -0.493 e. The molecule has 1 aromatic carbocycles. The van der Waals surface area contributed by atoms with E-state index in [0.717, 1.165) is 24.2 Å². The van der Waals surface area contributed by atoms with Crippen molar-refractivity contribution < 1.29 is 18.9 Å². The summed E-state index contributed by atoms with van der Waals surface area (Å²) in [6.45, 7) is 2.09. The molecule has 0 aromatic heterocycles. The van der Waals surface area contributed by atoms with Crippen molar-refractivity contribution in [3.63, 3.8) is 0 Å². The van der Waals surface area contributed by atoms with Gasteiger partial charge in [0.05, 0.1) is 33.5 Å². The molecular weight excluding hydrogens is 232 g/mol. The number of benzene rings is 1. The quantitative estimate of drug-likeness (QED) is 0.729. The number of methoxy groups -OCH3 is 3. The smallest absolute Gasteiger partial charge is 0.203 e. The summed E-state index contributed by atoms with van der Waals surface area (Å²) in [5.41, 5.74) is 1.12. The Morgan fingerprint density at radius 2 is 1.72 bits per heavy atom. The number of hydrogen-bond donors (Lipinski definition) is 0. The van der Waals surface area contributed by atoms with Crippen LogP contribution < -0.4 is 14.2 Å². The summed E-state index contributed by atoms with van der Waals surface area (Å²) in [6, 6.07) is 3.93. The molecule has 18 heavy (non-hydrogen) atoms. The maximum Gasteiger partial charge on any atom is 0.203 e. The standard InChI is InChI=1S/C14H20O4/c1-9-11(18-9)7-5-10-6-8-12(15-2)14(17-4)13(10)16-3/h6,8-9,11H,5,7H2,1-4H3. The topological polar surface area (TPSA) is 40.2 Å². The van der Waals surface area contributed by atoms with Crippen molar-refractivity contribution in [2.45, 2.75) is 32.0 Å². The van der Waals surface area contributed by atoms with Gasteiger partial charge >= 0.3 is 0 Å². The minimum absolute atomic E-state index is 0.391. The third-order valence-corrected chi connectivity index (χ3v) is 3.32. The van der Waals surface area contributed by atoms with Crippen LogP contribution in [0.2, 0.25) is 0 Å². The van der Waals surface area contributed by atoms with E-state index in [1.54, 1.807) is 21.3 Å². The van der Waals surface area contributed by atoms with E-state index in [-0.39, 0.29) is 0 Å². The lowest BCUT2D eigenvalue weighted by molar-refractivity contribution is 0.321. The van der Waals surface area contributed by atoms with Crippen molar-refractivity contribution in [3.8, 4) is 17.2 Å². The summed E-state index contributed by atoms with van der Waals surface area (Å²) in [7, 11) is 4.89. The van der Waals surface area contributed by atoms with Crippen molar-refractivity contribution in [3.05, 3.63) is 17.7 Å². The van der Waals surface area contributed by atoms with E-state index in [1.807, 2.05) is 12.1 Å². The van der Waals surface area contributed by atoms with Crippen molar-refractivity contribution >= 4 is 0 Å². The highest BCUT2D eigenvalue weighted by molar-refractivity contribution is 5.55. The van der Waals surface area contributed by atoms with Crippen LogP contribution in [0.15, 0.2) is 12.1 Å². The molecule has 2 unspecified atom stereocenters. The third kappa shape index (κ3) is 2.53. The summed E-state index contributed by atoms with van der Waals surface area (Å²) in [5, 5.41) is 0. The maximum absolute atomic E-state index is 5.44. The predicted molar refractivity (Wildman–Crippen MR) is 68.8 cm³/mol. The second-order valence-corrected chi connectivity index (χ2v) is 4.41. The lowest BCUT2D eigenvalue weighted by Crippen LogP contribution is -2.01. The van der Waals surface area contributed by atoms with E-state index in [4.69, 9.17) is 18.9 Å². The SMILES string of the molecule is COc1ccc(CCC2OC2C)c(OC)c1OC. The van der Waals surface area contributed by atoms with Gasteiger partial charge in [-0.05, 0) is 31.4 Å². The van der Waals surface area contributed by atoms with Crippen LogP contribution in [-0.4, -0.2) is 33.5 Å². The van der Waals surface area contributed by atoms with Gasteiger partial charge in [-0.2, -0.15) is 0 Å². The second kappa shape index (κ2) is 5.48. The molecule has 0 spiro atoms. The van der Waals surface area contributed by atoms with Crippen LogP contribution in [0.5, 0.6) is 17.2 Å². The molecule has 1 aromatic rings. The highest BCUT2D eigenvalue weighted by Gasteiger charge is 2.33. The third-order valence-electron chi connectivity index (χ3n) is 3.32. The number of epoxide rings is 1. The average molecular weight is 252 g/mol. The van der Waals surface area contributed by atoms with E-state index in [2.05, 4.69) is 6.92 Å². The molecule has 0 aliphatic carbocycles. The zero-order valence-corrected chi connectivity index (χ0v) is 11.4. The molecule has 2 rings (SSSR count). The summed E-state index contributed by atoms with van der Waals surface area (Å²) in [4.78, 5) is 0. The molecule has 0 amide bonds. The minimum atomic E-state index is 0.391. The van der Waals surface area contributed by atoms with Gasteiger partial charge in [0, 0.05) is 0 Å². The Bertz CT molecular complexity index is 417. The summed E-state index contributed by atoms with van der Waals surface area (Å²) < 4.78 is 21.5. The fraction of sp³-hybridized carbons (Fsp3) is 0.571. The van der Waals surface area contributed by atoms with Crippen LogP contribution in [0.4, 0.5) is 0 Å². The Morgan fingerprint density at radius 3 is 2.22 bits per heavy atom. The lowest BCUT2D eigenvalue weighted by atomic mass is 10.1. The van der Waals surface area contributed by atoms with Gasteiger partial charge in [-0.15, -0.1) is 0 Å². The van der Waals surface area contributed by atoms with Gasteiger partial charge in [-0.25, -0.2) is 0 Å². The molecule has 0 saturated carbocycles. The Kier molecular flexibility index (Phi) is 3.97. The highest BCUT2D eigenvalue weighted by atomic mass is 16.6. The molecule has 100 valence electrons. The van der Waals surface area contributed by atoms with Crippen LogP contribution >= 0.6 is 0 Å². The van der Waals surface area contributed by atoms with E-state index in [1.165, 1.54) is 0 Å². The van der Waals surface area contributed by atoms with Crippen LogP contribution in [0.3, 0.4) is 0 Å². The molecule has 1 saturated heterocycles. The fourth-order valence-corrected chi connectivity index (χ4v) is 2.19. The Balaban J connectivity index is 2.18. The largest absolute Gasteiger partial charge is 0.493 e. The summed E-state index contributed by atoms with van der Waals surface area (Å²) >= 11 is 0. The fourth-order valence-electron chi connectivity index (χ4n) is 2.19. The number of aryl methyl sites for hydroxylation is 1. The molecule has 0 N–H and O–H groups in total. The molecule has 1 aliphatic heterocycles. The van der Waals surface area contributed by atoms with Crippen LogP contribution in [0.1, 0.15) is 18.9 Å². The van der Waals surface area contributed by atoms with Crippen LogP contribution in [-0.2, 0) is 11.2 Å². The van der Waals surface area contributed by atoms with E-state index in [9.17, 15) is 0 Å². The average Bonchev–Trinajstić information content (AvgIpc) is 3.10. The molecule has 4 heteroatoms. The normalized spacial score (nSPS) is 21.6. The van der Waals surface area contributed by atoms with Gasteiger partial charge < -0.3 is 18.9 Å². The monoisotopic (exact) mass is 252 g/mol. The molecular formula is C14H20O4. The van der Waals surface area contributed by atoms with Gasteiger partial charge in [-0.1, -0.05) is 6.07 Å². The van der Waals surface area contributed by atoms with Crippen LogP contribution in [0.25, 0.3) is 0 Å². The van der Waals surface area contributed by atoms with Gasteiger partial charge in [0.25, 0.3) is 0 Å². The lowest BCUT2D eigenvalue weighted by Gasteiger charge is -2.15. The van der Waals surface area contributed by atoms with Crippen molar-refractivity contribution in [2.75, 3.05) is 21.3 Å². The molecule has 0 bridgehead atoms. The van der Waals surface area contributed by atoms with Gasteiger partial charge in [0.15, 0.2) is 11.5 Å². The summed E-state index contributed by atoms with van der Waals surface area (Å²) in [5.74, 6) is 2.10. The van der Waals surface area contributed by atoms with Gasteiger partial charge in [0.1, 0.15) is 0 Å². The number of rotatable bonds is 6. The molecule has 0 radical (unpaired) electrons. The summed E-state index contributed by atoms with van der Waals surface area (Å²) in [6.07, 6.45) is 2.71. The molecule has 4 nitrogen and oxygen atoms in total. The molecule has 1 fully saturated rings. The van der Waals surface area contributed by atoms with E-state index in [0.29, 0.717) is 23.7 Å². The first kappa shape index (κ1) is 13.0. The molecule has 2 atom stereocenters. The molecule has 1 aliphatic rings. The van der Waals surface area contributed by atoms with Gasteiger partial charge in [0.2, 0.25) is 5.75 Å². The Morgan fingerprint density at radius 1 is 1.06 bits per heavy atom. The first-order chi connectivity index (χ1) is 8.71. The number of hydrogen-bond acceptors (Lipinski definition) is 4. The van der Waals surface area contributed by atoms with Gasteiger partial charge in [-0.3, -0.25) is 0 Å². The van der Waals surface area contributed by atoms with Crippen molar-refractivity contribution in [2.24, 2.45) is 0 Å². The van der Waals surface area contributed by atoms with Crippen molar-refractivity contribution in [1.29, 1.82) is 0 Å². The zero-order chi connectivity index (χ0) is 13.1. The predicted octanol–water partition coefficient (Wildman–Crippen LogP) is 2.43. The zero-order valence-electron chi connectivity index (χ0n) is 11.4. The first-order valence-electron chi connectivity index (χ1n) is 6.14. The van der Waals surface area contributed by atoms with E-state index < -0.39 is 0 Å². The highest BCUT2D eigenvalue weighted by Crippen LogP contribution is 2.40. The van der Waals surface area contributed by atoms with E-state index >= 15 is 0 Å².